The normalized spacial score (nSPS) is 9.47. The molecule has 0 saturated heterocycles. The van der Waals surface area contributed by atoms with Crippen LogP contribution in [0, 0.1) is 6.92 Å². The van der Waals surface area contributed by atoms with Gasteiger partial charge in [0.1, 0.15) is 0 Å². The van der Waals surface area contributed by atoms with Gasteiger partial charge in [0.05, 0.1) is 11.5 Å². The van der Waals surface area contributed by atoms with Crippen molar-refractivity contribution in [2.45, 2.75) is 13.8 Å². The van der Waals surface area contributed by atoms with Crippen molar-refractivity contribution < 1.29 is 14.3 Å². The van der Waals surface area contributed by atoms with E-state index in [4.69, 9.17) is 0 Å². The first-order valence-electron chi connectivity index (χ1n) is 4.42. The minimum Gasteiger partial charge on any atom is -0.449 e. The van der Waals surface area contributed by atoms with Gasteiger partial charge >= 0.3 is 6.09 Å². The molecule has 0 fully saturated rings. The molecule has 0 saturated carbocycles. The lowest BCUT2D eigenvalue weighted by Gasteiger charge is -2.06. The monoisotopic (exact) mass is 228 g/mol. The van der Waals surface area contributed by atoms with Crippen LogP contribution in [0.15, 0.2) is 11.4 Å². The number of ether oxygens (including phenoxy) is 1. The summed E-state index contributed by atoms with van der Waals surface area (Å²) in [6, 6.07) is 1.84. The zero-order valence-corrected chi connectivity index (χ0v) is 9.31. The van der Waals surface area contributed by atoms with Gasteiger partial charge in [0.25, 0.3) is 5.91 Å². The maximum absolute atomic E-state index is 11.5. The quantitative estimate of drug-likeness (QED) is 0.753. The van der Waals surface area contributed by atoms with Gasteiger partial charge in [-0.05, 0) is 30.9 Å². The lowest BCUT2D eigenvalue weighted by molar-refractivity contribution is 0.0916. The molecule has 1 heterocycles. The number of rotatable bonds is 2. The molecule has 15 heavy (non-hydrogen) atoms. The van der Waals surface area contributed by atoms with Crippen LogP contribution in [-0.4, -0.2) is 18.6 Å². The highest BCUT2D eigenvalue weighted by molar-refractivity contribution is 7.12. The van der Waals surface area contributed by atoms with Gasteiger partial charge in [-0.15, -0.1) is 11.3 Å². The third-order valence-electron chi connectivity index (χ3n) is 1.62. The van der Waals surface area contributed by atoms with Crippen molar-refractivity contribution >= 4 is 23.3 Å². The molecule has 0 spiro atoms. The van der Waals surface area contributed by atoms with Crippen LogP contribution in [0.5, 0.6) is 0 Å². The van der Waals surface area contributed by atoms with Gasteiger partial charge in [0.15, 0.2) is 0 Å². The van der Waals surface area contributed by atoms with Crippen molar-refractivity contribution in [2.24, 2.45) is 0 Å². The van der Waals surface area contributed by atoms with Crippen LogP contribution in [0.2, 0.25) is 0 Å². The highest BCUT2D eigenvalue weighted by Crippen LogP contribution is 2.14. The van der Waals surface area contributed by atoms with Crippen molar-refractivity contribution in [3.05, 3.63) is 21.9 Å². The number of hydrazine groups is 1. The van der Waals surface area contributed by atoms with E-state index in [1.165, 1.54) is 11.3 Å². The van der Waals surface area contributed by atoms with Crippen LogP contribution in [0.25, 0.3) is 0 Å². The number of thiophene rings is 1. The first-order chi connectivity index (χ1) is 7.15. The molecule has 5 nitrogen and oxygen atoms in total. The SMILES string of the molecule is CCOC(=O)NNC(=O)c1sccc1C. The lowest BCUT2D eigenvalue weighted by Crippen LogP contribution is -2.41. The third-order valence-corrected chi connectivity index (χ3v) is 2.64. The summed E-state index contributed by atoms with van der Waals surface area (Å²) in [5.41, 5.74) is 5.28. The van der Waals surface area contributed by atoms with Gasteiger partial charge in [-0.3, -0.25) is 10.2 Å². The molecule has 1 aromatic rings. The summed E-state index contributed by atoms with van der Waals surface area (Å²) in [6.45, 7) is 3.78. The smallest absolute Gasteiger partial charge is 0.426 e. The summed E-state index contributed by atoms with van der Waals surface area (Å²) >= 11 is 1.32. The highest BCUT2D eigenvalue weighted by atomic mass is 32.1. The molecule has 0 aromatic carbocycles. The Morgan fingerprint density at radius 2 is 2.20 bits per heavy atom. The molecule has 0 aliphatic rings. The van der Waals surface area contributed by atoms with Crippen LogP contribution < -0.4 is 10.9 Å². The Morgan fingerprint density at radius 3 is 2.73 bits per heavy atom. The summed E-state index contributed by atoms with van der Waals surface area (Å²) in [6.07, 6.45) is -0.667. The molecule has 0 atom stereocenters. The molecule has 0 radical (unpaired) electrons. The summed E-state index contributed by atoms with van der Waals surface area (Å²) in [7, 11) is 0. The van der Waals surface area contributed by atoms with Gasteiger partial charge in [-0.2, -0.15) is 0 Å². The summed E-state index contributed by atoms with van der Waals surface area (Å²) in [4.78, 5) is 22.9. The van der Waals surface area contributed by atoms with E-state index in [9.17, 15) is 9.59 Å². The molecule has 0 bridgehead atoms. The van der Waals surface area contributed by atoms with Gasteiger partial charge in [0, 0.05) is 0 Å². The highest BCUT2D eigenvalue weighted by Gasteiger charge is 2.10. The topological polar surface area (TPSA) is 67.4 Å². The molecule has 0 aliphatic heterocycles. The van der Waals surface area contributed by atoms with Gasteiger partial charge in [-0.25, -0.2) is 10.2 Å². The van der Waals surface area contributed by atoms with Crippen LogP contribution >= 0.6 is 11.3 Å². The van der Waals surface area contributed by atoms with Crippen molar-refractivity contribution in [3.8, 4) is 0 Å². The predicted molar refractivity (Wildman–Crippen MR) is 56.7 cm³/mol. The molecule has 6 heteroatoms. The number of carbonyl (C=O) groups is 2. The summed E-state index contributed by atoms with van der Waals surface area (Å²) < 4.78 is 4.58. The minimum atomic E-state index is -0.667. The van der Waals surface area contributed by atoms with Crippen molar-refractivity contribution in [1.82, 2.24) is 10.9 Å². The second kappa shape index (κ2) is 5.35. The number of nitrogens with one attached hydrogen (secondary N) is 2. The van der Waals surface area contributed by atoms with E-state index in [1.54, 1.807) is 6.92 Å². The molecule has 1 rings (SSSR count). The fraction of sp³-hybridized carbons (Fsp3) is 0.333. The van der Waals surface area contributed by atoms with Crippen molar-refractivity contribution in [2.75, 3.05) is 6.61 Å². The maximum atomic E-state index is 11.5. The van der Waals surface area contributed by atoms with Gasteiger partial charge in [0.2, 0.25) is 0 Å². The zero-order valence-electron chi connectivity index (χ0n) is 8.49. The number of hydrogen-bond donors (Lipinski definition) is 2. The Balaban J connectivity index is 2.44. The van der Waals surface area contributed by atoms with E-state index in [1.807, 2.05) is 18.4 Å². The molecule has 0 unspecified atom stereocenters. The zero-order chi connectivity index (χ0) is 11.3. The van der Waals surface area contributed by atoms with Gasteiger partial charge in [-0.1, -0.05) is 0 Å². The molecule has 2 N–H and O–H groups in total. The average Bonchev–Trinajstić information content (AvgIpc) is 2.61. The minimum absolute atomic E-state index is 0.264. The second-order valence-corrected chi connectivity index (χ2v) is 3.65. The molecule has 0 aliphatic carbocycles. The predicted octanol–water partition coefficient (Wildman–Crippen LogP) is 1.45. The fourth-order valence-corrected chi connectivity index (χ4v) is 1.76. The van der Waals surface area contributed by atoms with Crippen LogP contribution in [0.3, 0.4) is 0 Å². The van der Waals surface area contributed by atoms with Crippen molar-refractivity contribution in [3.63, 3.8) is 0 Å². The summed E-state index contributed by atoms with van der Waals surface area (Å²) in [5.74, 6) is -0.337. The maximum Gasteiger partial charge on any atom is 0.426 e. The number of aryl methyl sites for hydroxylation is 1. The molecular weight excluding hydrogens is 216 g/mol. The van der Waals surface area contributed by atoms with Crippen LogP contribution in [-0.2, 0) is 4.74 Å². The Hall–Kier alpha value is -1.56. The molecule has 2 amide bonds. The molecule has 1 aromatic heterocycles. The summed E-state index contributed by atoms with van der Waals surface area (Å²) in [5, 5.41) is 1.81. The Labute approximate surface area is 91.4 Å². The van der Waals surface area contributed by atoms with E-state index < -0.39 is 6.09 Å². The number of hydrogen-bond acceptors (Lipinski definition) is 4. The first-order valence-corrected chi connectivity index (χ1v) is 5.30. The number of amides is 2. The number of carbonyl (C=O) groups excluding carboxylic acids is 2. The largest absolute Gasteiger partial charge is 0.449 e. The fourth-order valence-electron chi connectivity index (χ4n) is 0.937. The molecule has 82 valence electrons. The third kappa shape index (κ3) is 3.25. The first kappa shape index (κ1) is 11.5. The Morgan fingerprint density at radius 1 is 1.47 bits per heavy atom. The van der Waals surface area contributed by atoms with Gasteiger partial charge < -0.3 is 4.74 Å². The van der Waals surface area contributed by atoms with Crippen molar-refractivity contribution in [1.29, 1.82) is 0 Å². The Bertz CT molecular complexity index is 362. The van der Waals surface area contributed by atoms with E-state index in [-0.39, 0.29) is 12.5 Å². The Kier molecular flexibility index (Phi) is 4.11. The lowest BCUT2D eigenvalue weighted by atomic mass is 10.3. The van der Waals surface area contributed by atoms with E-state index in [0.717, 1.165) is 5.56 Å². The van der Waals surface area contributed by atoms with E-state index >= 15 is 0 Å². The van der Waals surface area contributed by atoms with Crippen LogP contribution in [0.4, 0.5) is 4.79 Å². The van der Waals surface area contributed by atoms with E-state index in [0.29, 0.717) is 4.88 Å². The standard InChI is InChI=1S/C9H12N2O3S/c1-3-14-9(13)11-10-8(12)7-6(2)4-5-15-7/h4-5H,3H2,1-2H3,(H,10,12)(H,11,13). The van der Waals surface area contributed by atoms with E-state index in [2.05, 4.69) is 15.6 Å². The second-order valence-electron chi connectivity index (χ2n) is 2.73. The average molecular weight is 228 g/mol. The molecular formula is C9H12N2O3S. The van der Waals surface area contributed by atoms with Crippen LogP contribution in [0.1, 0.15) is 22.2 Å².